The maximum Gasteiger partial charge on any atom is 0.264 e. The third-order valence-electron chi connectivity index (χ3n) is 4.87. The molecule has 1 aromatic heterocycles. The molecule has 20 heavy (non-hydrogen) atoms. The van der Waals surface area contributed by atoms with Gasteiger partial charge in [-0.05, 0) is 49.1 Å². The van der Waals surface area contributed by atoms with Crippen LogP contribution in [0.3, 0.4) is 0 Å². The van der Waals surface area contributed by atoms with Crippen LogP contribution in [0, 0.1) is 11.8 Å². The number of hydrogen-bond acceptors (Lipinski definition) is 3. The summed E-state index contributed by atoms with van der Waals surface area (Å²) in [4.78, 5) is 16.8. The van der Waals surface area contributed by atoms with E-state index in [1.165, 1.54) is 16.9 Å². The minimum atomic E-state index is 0.000511. The number of rotatable bonds is 2. The van der Waals surface area contributed by atoms with E-state index in [1.54, 1.807) is 11.3 Å². The van der Waals surface area contributed by atoms with Crippen molar-refractivity contribution in [3.05, 3.63) is 21.4 Å². The summed E-state index contributed by atoms with van der Waals surface area (Å²) in [6, 6.07) is 2.11. The van der Waals surface area contributed by atoms with Crippen molar-refractivity contribution in [3.8, 4) is 0 Å². The predicted molar refractivity (Wildman–Crippen MR) is 81.2 cm³/mol. The number of nitrogens with zero attached hydrogens (tertiary/aromatic N) is 1. The molecule has 1 saturated heterocycles. The lowest BCUT2D eigenvalue weighted by Gasteiger charge is -2.24. The fourth-order valence-corrected chi connectivity index (χ4v) is 4.66. The Morgan fingerprint density at radius 2 is 2.25 bits per heavy atom. The molecule has 1 N–H and O–H groups in total. The van der Waals surface area contributed by atoms with E-state index in [-0.39, 0.29) is 18.6 Å². The van der Waals surface area contributed by atoms with Gasteiger partial charge in [0.1, 0.15) is 0 Å². The molecule has 1 aliphatic carbocycles. The van der Waals surface area contributed by atoms with E-state index in [2.05, 4.69) is 19.9 Å². The van der Waals surface area contributed by atoms with Gasteiger partial charge in [0.2, 0.25) is 0 Å². The Hall–Kier alpha value is -0.870. The van der Waals surface area contributed by atoms with Crippen LogP contribution in [0.15, 0.2) is 6.07 Å². The second-order valence-electron chi connectivity index (χ2n) is 6.42. The zero-order valence-electron chi connectivity index (χ0n) is 12.3. The van der Waals surface area contributed by atoms with E-state index in [0.29, 0.717) is 5.92 Å². The summed E-state index contributed by atoms with van der Waals surface area (Å²) in [5.74, 6) is 1.26. The van der Waals surface area contributed by atoms with Gasteiger partial charge in [0.25, 0.3) is 5.91 Å². The van der Waals surface area contributed by atoms with Crippen LogP contribution in [-0.2, 0) is 12.8 Å². The van der Waals surface area contributed by atoms with Crippen LogP contribution in [0.1, 0.15) is 46.8 Å². The van der Waals surface area contributed by atoms with Gasteiger partial charge in [-0.25, -0.2) is 0 Å². The average Bonchev–Trinajstić information content (AvgIpc) is 3.00. The quantitative estimate of drug-likeness (QED) is 0.911. The number of fused-ring (bicyclic) bond motifs is 1. The number of aliphatic hydroxyl groups excluding tert-OH is 1. The molecule has 3 rings (SSSR count). The minimum absolute atomic E-state index is 0.000511. The smallest absolute Gasteiger partial charge is 0.264 e. The van der Waals surface area contributed by atoms with Crippen LogP contribution >= 0.6 is 11.3 Å². The van der Waals surface area contributed by atoms with Crippen LogP contribution in [0.25, 0.3) is 0 Å². The molecule has 1 amide bonds. The topological polar surface area (TPSA) is 40.5 Å². The summed E-state index contributed by atoms with van der Waals surface area (Å²) in [5, 5.41) is 9.51. The first-order chi connectivity index (χ1) is 9.60. The third kappa shape index (κ3) is 2.40. The molecule has 0 saturated carbocycles. The van der Waals surface area contributed by atoms with Gasteiger partial charge in [0.05, 0.1) is 17.5 Å². The molecule has 3 unspecified atom stereocenters. The monoisotopic (exact) mass is 293 g/mol. The molecule has 4 heteroatoms. The van der Waals surface area contributed by atoms with E-state index < -0.39 is 0 Å². The first kappa shape index (κ1) is 14.1. The minimum Gasteiger partial charge on any atom is -0.394 e. The van der Waals surface area contributed by atoms with Gasteiger partial charge >= 0.3 is 0 Å². The van der Waals surface area contributed by atoms with Gasteiger partial charge in [0.15, 0.2) is 0 Å². The molecule has 0 bridgehead atoms. The van der Waals surface area contributed by atoms with Gasteiger partial charge in [-0.3, -0.25) is 4.79 Å². The number of amides is 1. The fraction of sp³-hybridized carbons (Fsp3) is 0.688. The maximum atomic E-state index is 12.7. The predicted octanol–water partition coefficient (Wildman–Crippen LogP) is 2.72. The van der Waals surface area contributed by atoms with Crippen LogP contribution in [0.2, 0.25) is 0 Å². The van der Waals surface area contributed by atoms with Gasteiger partial charge < -0.3 is 10.0 Å². The lowest BCUT2D eigenvalue weighted by molar-refractivity contribution is 0.0653. The third-order valence-corrected chi connectivity index (χ3v) is 6.10. The molecule has 1 aromatic rings. The van der Waals surface area contributed by atoms with E-state index in [1.807, 2.05) is 4.90 Å². The number of hydrogen-bond donors (Lipinski definition) is 1. The van der Waals surface area contributed by atoms with Crippen LogP contribution < -0.4 is 0 Å². The lowest BCUT2D eigenvalue weighted by Crippen LogP contribution is -2.39. The Kier molecular flexibility index (Phi) is 3.87. The zero-order valence-corrected chi connectivity index (χ0v) is 13.1. The zero-order chi connectivity index (χ0) is 14.3. The van der Waals surface area contributed by atoms with Crippen molar-refractivity contribution < 1.29 is 9.90 Å². The first-order valence-corrected chi connectivity index (χ1v) is 8.45. The largest absolute Gasteiger partial charge is 0.394 e. The normalized spacial score (nSPS) is 29.6. The number of aliphatic hydroxyl groups is 1. The van der Waals surface area contributed by atoms with E-state index in [0.717, 1.165) is 36.6 Å². The molecule has 0 radical (unpaired) electrons. The SMILES string of the molecule is CC1CCc2sc(C(=O)N3CCC(C)C3CO)cc2C1. The van der Waals surface area contributed by atoms with Crippen molar-refractivity contribution >= 4 is 17.2 Å². The average molecular weight is 293 g/mol. The summed E-state index contributed by atoms with van der Waals surface area (Å²) < 4.78 is 0. The molecule has 110 valence electrons. The van der Waals surface area contributed by atoms with Crippen LogP contribution in [0.5, 0.6) is 0 Å². The maximum absolute atomic E-state index is 12.7. The van der Waals surface area contributed by atoms with Gasteiger partial charge in [-0.15, -0.1) is 11.3 Å². The standard InChI is InChI=1S/C16H23NO2S/c1-10-3-4-14-12(7-10)8-15(20-14)16(19)17-6-5-11(2)13(17)9-18/h8,10-11,13,18H,3-7,9H2,1-2H3. The highest BCUT2D eigenvalue weighted by Gasteiger charge is 2.35. The van der Waals surface area contributed by atoms with Crippen molar-refractivity contribution in [2.24, 2.45) is 11.8 Å². The number of thiophene rings is 1. The first-order valence-electron chi connectivity index (χ1n) is 7.63. The molecule has 2 heterocycles. The number of likely N-dealkylation sites (tertiary alicyclic amines) is 1. The second kappa shape index (κ2) is 5.49. The Morgan fingerprint density at radius 1 is 1.45 bits per heavy atom. The highest BCUT2D eigenvalue weighted by molar-refractivity contribution is 7.14. The van der Waals surface area contributed by atoms with Crippen molar-refractivity contribution in [1.82, 2.24) is 4.90 Å². The van der Waals surface area contributed by atoms with Gasteiger partial charge in [-0.2, -0.15) is 0 Å². The molecule has 1 aliphatic heterocycles. The summed E-state index contributed by atoms with van der Waals surface area (Å²) >= 11 is 1.67. The number of carbonyl (C=O) groups excluding carboxylic acids is 1. The molecule has 1 fully saturated rings. The Labute approximate surface area is 124 Å². The van der Waals surface area contributed by atoms with Crippen molar-refractivity contribution in [2.45, 2.75) is 45.6 Å². The van der Waals surface area contributed by atoms with Gasteiger partial charge in [0, 0.05) is 11.4 Å². The van der Waals surface area contributed by atoms with Crippen molar-refractivity contribution in [3.63, 3.8) is 0 Å². The molecule has 0 aromatic carbocycles. The van der Waals surface area contributed by atoms with E-state index in [9.17, 15) is 9.90 Å². The molecule has 2 aliphatic rings. The second-order valence-corrected chi connectivity index (χ2v) is 7.56. The Balaban J connectivity index is 1.81. The summed E-state index contributed by atoms with van der Waals surface area (Å²) in [6.07, 6.45) is 4.47. The Morgan fingerprint density at radius 3 is 3.00 bits per heavy atom. The molecule has 3 nitrogen and oxygen atoms in total. The number of aryl methyl sites for hydroxylation is 1. The Bertz CT molecular complexity index is 511. The fourth-order valence-electron chi connectivity index (χ4n) is 3.49. The highest BCUT2D eigenvalue weighted by Crippen LogP contribution is 2.34. The highest BCUT2D eigenvalue weighted by atomic mass is 32.1. The van der Waals surface area contributed by atoms with Crippen LogP contribution in [-0.4, -0.2) is 35.1 Å². The van der Waals surface area contributed by atoms with Crippen LogP contribution in [0.4, 0.5) is 0 Å². The molecular formula is C16H23NO2S. The molecule has 3 atom stereocenters. The summed E-state index contributed by atoms with van der Waals surface area (Å²) in [6.45, 7) is 5.26. The lowest BCUT2D eigenvalue weighted by atomic mass is 9.90. The number of carbonyl (C=O) groups is 1. The van der Waals surface area contributed by atoms with Crippen molar-refractivity contribution in [2.75, 3.05) is 13.2 Å². The van der Waals surface area contributed by atoms with E-state index in [4.69, 9.17) is 0 Å². The van der Waals surface area contributed by atoms with Crippen molar-refractivity contribution in [1.29, 1.82) is 0 Å². The summed E-state index contributed by atoms with van der Waals surface area (Å²) in [5.41, 5.74) is 1.38. The van der Waals surface area contributed by atoms with Gasteiger partial charge in [-0.1, -0.05) is 13.8 Å². The van der Waals surface area contributed by atoms with E-state index >= 15 is 0 Å². The molecular weight excluding hydrogens is 270 g/mol. The molecule has 0 spiro atoms. The summed E-state index contributed by atoms with van der Waals surface area (Å²) in [7, 11) is 0.